The van der Waals surface area contributed by atoms with E-state index in [4.69, 9.17) is 21.3 Å². The number of ether oxygens (including phenoxy) is 1. The van der Waals surface area contributed by atoms with Crippen LogP contribution in [-0.2, 0) is 4.74 Å². The van der Waals surface area contributed by atoms with Crippen molar-refractivity contribution in [2.24, 2.45) is 0 Å². The SMILES string of the molecule is CCOC(=O)c1cnc(SC)nc1N1CCN(c2nc3ccc(Cl)cc3s2)CC1. The van der Waals surface area contributed by atoms with Crippen LogP contribution in [-0.4, -0.2) is 60.0 Å². The quantitative estimate of drug-likeness (QED) is 0.329. The van der Waals surface area contributed by atoms with Crippen LogP contribution in [0.3, 0.4) is 0 Å². The molecule has 0 atom stereocenters. The highest BCUT2D eigenvalue weighted by Crippen LogP contribution is 2.32. The standard InChI is InChI=1S/C19H20ClN5O2S2/c1-3-27-17(26)13-11-21-18(28-2)23-16(13)24-6-8-25(9-7-24)19-22-14-5-4-12(20)10-15(14)29-19/h4-5,10-11H,3,6-9H2,1-2H3. The number of hydrogen-bond acceptors (Lipinski definition) is 9. The van der Waals surface area contributed by atoms with Crippen LogP contribution in [0.2, 0.25) is 5.02 Å². The summed E-state index contributed by atoms with van der Waals surface area (Å²) in [5.74, 6) is 0.249. The molecule has 1 aliphatic heterocycles. The van der Waals surface area contributed by atoms with Crippen molar-refractivity contribution in [3.05, 3.63) is 35.0 Å². The number of nitrogens with zero attached hydrogens (tertiary/aromatic N) is 5. The highest BCUT2D eigenvalue weighted by Gasteiger charge is 2.26. The molecule has 0 bridgehead atoms. The molecular formula is C19H20ClN5O2S2. The van der Waals surface area contributed by atoms with Gasteiger partial charge in [0.05, 0.1) is 16.8 Å². The van der Waals surface area contributed by atoms with E-state index in [9.17, 15) is 4.79 Å². The summed E-state index contributed by atoms with van der Waals surface area (Å²) in [5.41, 5.74) is 1.37. The Morgan fingerprint density at radius 1 is 1.24 bits per heavy atom. The number of thiazole rings is 1. The third-order valence-electron chi connectivity index (χ3n) is 4.61. The number of thioether (sulfide) groups is 1. The number of hydrogen-bond donors (Lipinski definition) is 0. The van der Waals surface area contributed by atoms with Gasteiger partial charge in [-0.1, -0.05) is 34.7 Å². The lowest BCUT2D eigenvalue weighted by atomic mass is 10.2. The third kappa shape index (κ3) is 4.26. The van der Waals surface area contributed by atoms with Crippen LogP contribution >= 0.6 is 34.7 Å². The Bertz CT molecular complexity index is 1040. The van der Waals surface area contributed by atoms with Crippen LogP contribution in [0.15, 0.2) is 29.6 Å². The van der Waals surface area contributed by atoms with Crippen LogP contribution in [0.1, 0.15) is 17.3 Å². The zero-order chi connectivity index (χ0) is 20.4. The molecule has 0 saturated carbocycles. The number of carbonyl (C=O) groups is 1. The Hall–Kier alpha value is -2.10. The Kier molecular flexibility index (Phi) is 6.07. The summed E-state index contributed by atoms with van der Waals surface area (Å²) in [6, 6.07) is 5.76. The summed E-state index contributed by atoms with van der Waals surface area (Å²) in [6.45, 7) is 5.14. The van der Waals surface area contributed by atoms with Crippen LogP contribution in [0.4, 0.5) is 10.9 Å². The molecule has 0 spiro atoms. The van der Waals surface area contributed by atoms with Crippen LogP contribution in [0, 0.1) is 0 Å². The van der Waals surface area contributed by atoms with E-state index in [0.29, 0.717) is 23.1 Å². The lowest BCUT2D eigenvalue weighted by molar-refractivity contribution is 0.0526. The molecule has 3 aromatic rings. The van der Waals surface area contributed by atoms with Gasteiger partial charge in [0.1, 0.15) is 11.4 Å². The first-order chi connectivity index (χ1) is 14.1. The van der Waals surface area contributed by atoms with Crippen molar-refractivity contribution in [3.8, 4) is 0 Å². The molecule has 1 aromatic carbocycles. The molecule has 0 unspecified atom stereocenters. The predicted molar refractivity (Wildman–Crippen MR) is 119 cm³/mol. The van der Waals surface area contributed by atoms with Crippen LogP contribution in [0.25, 0.3) is 10.2 Å². The highest BCUT2D eigenvalue weighted by molar-refractivity contribution is 7.98. The van der Waals surface area contributed by atoms with Gasteiger partial charge >= 0.3 is 5.97 Å². The minimum Gasteiger partial charge on any atom is -0.462 e. The zero-order valence-electron chi connectivity index (χ0n) is 16.1. The minimum atomic E-state index is -0.388. The Morgan fingerprint density at radius 2 is 2.00 bits per heavy atom. The van der Waals surface area contributed by atoms with Gasteiger partial charge in [-0.2, -0.15) is 0 Å². The van der Waals surface area contributed by atoms with Crippen LogP contribution < -0.4 is 9.80 Å². The van der Waals surface area contributed by atoms with Gasteiger partial charge in [0.25, 0.3) is 0 Å². The molecule has 0 radical (unpaired) electrons. The van der Waals surface area contributed by atoms with E-state index in [0.717, 1.165) is 46.5 Å². The average molecular weight is 450 g/mol. The summed E-state index contributed by atoms with van der Waals surface area (Å²) in [7, 11) is 0. The van der Waals surface area contributed by atoms with Gasteiger partial charge in [0.2, 0.25) is 0 Å². The Morgan fingerprint density at radius 3 is 2.72 bits per heavy atom. The lowest BCUT2D eigenvalue weighted by Crippen LogP contribution is -2.47. The number of fused-ring (bicyclic) bond motifs is 1. The molecule has 3 heterocycles. The normalized spacial score (nSPS) is 14.4. The molecule has 0 aliphatic carbocycles. The van der Waals surface area contributed by atoms with E-state index in [1.54, 1.807) is 24.5 Å². The van der Waals surface area contributed by atoms with Crippen molar-refractivity contribution >= 4 is 61.8 Å². The first-order valence-corrected chi connectivity index (χ1v) is 11.6. The predicted octanol–water partition coefficient (Wildman–Crippen LogP) is 3.96. The van der Waals surface area contributed by atoms with E-state index in [1.807, 2.05) is 24.5 Å². The summed E-state index contributed by atoms with van der Waals surface area (Å²) in [4.78, 5) is 30.3. The molecule has 4 rings (SSSR count). The molecule has 152 valence electrons. The molecule has 2 aromatic heterocycles. The fourth-order valence-electron chi connectivity index (χ4n) is 3.18. The maximum Gasteiger partial charge on any atom is 0.343 e. The number of aromatic nitrogens is 3. The first kappa shape index (κ1) is 20.2. The number of anilines is 2. The minimum absolute atomic E-state index is 0.317. The molecule has 1 fully saturated rings. The number of piperazine rings is 1. The van der Waals surface area contributed by atoms with Gasteiger partial charge in [-0.25, -0.2) is 19.7 Å². The Balaban J connectivity index is 1.53. The van der Waals surface area contributed by atoms with Crippen molar-refractivity contribution in [3.63, 3.8) is 0 Å². The summed E-state index contributed by atoms with van der Waals surface area (Å²) < 4.78 is 6.27. The molecule has 7 nitrogen and oxygen atoms in total. The topological polar surface area (TPSA) is 71.5 Å². The molecule has 1 saturated heterocycles. The Labute approximate surface area is 182 Å². The number of carbonyl (C=O) groups excluding carboxylic acids is 1. The first-order valence-electron chi connectivity index (χ1n) is 9.23. The molecular weight excluding hydrogens is 430 g/mol. The zero-order valence-corrected chi connectivity index (χ0v) is 18.5. The van der Waals surface area contributed by atoms with E-state index < -0.39 is 0 Å². The second-order valence-corrected chi connectivity index (χ2v) is 8.62. The van der Waals surface area contributed by atoms with Crippen molar-refractivity contribution in [2.75, 3.05) is 48.8 Å². The summed E-state index contributed by atoms with van der Waals surface area (Å²) in [5, 5.41) is 2.34. The van der Waals surface area contributed by atoms with Crippen molar-refractivity contribution in [1.29, 1.82) is 0 Å². The van der Waals surface area contributed by atoms with E-state index >= 15 is 0 Å². The lowest BCUT2D eigenvalue weighted by Gasteiger charge is -2.35. The summed E-state index contributed by atoms with van der Waals surface area (Å²) in [6.07, 6.45) is 3.48. The summed E-state index contributed by atoms with van der Waals surface area (Å²) >= 11 is 9.19. The molecule has 0 N–H and O–H groups in total. The number of esters is 1. The molecule has 29 heavy (non-hydrogen) atoms. The second-order valence-electron chi connectivity index (χ2n) is 6.40. The average Bonchev–Trinajstić information content (AvgIpc) is 3.16. The maximum absolute atomic E-state index is 12.4. The largest absolute Gasteiger partial charge is 0.462 e. The molecule has 1 aliphatic rings. The highest BCUT2D eigenvalue weighted by atomic mass is 35.5. The van der Waals surface area contributed by atoms with Crippen molar-refractivity contribution in [1.82, 2.24) is 15.0 Å². The van der Waals surface area contributed by atoms with Gasteiger partial charge in [-0.3, -0.25) is 0 Å². The smallest absolute Gasteiger partial charge is 0.343 e. The van der Waals surface area contributed by atoms with E-state index in [1.165, 1.54) is 11.8 Å². The van der Waals surface area contributed by atoms with Gasteiger partial charge in [0, 0.05) is 37.4 Å². The number of rotatable bonds is 5. The monoisotopic (exact) mass is 449 g/mol. The van der Waals surface area contributed by atoms with Crippen LogP contribution in [0.5, 0.6) is 0 Å². The van der Waals surface area contributed by atoms with Crippen molar-refractivity contribution < 1.29 is 9.53 Å². The molecule has 10 heteroatoms. The van der Waals surface area contributed by atoms with E-state index in [-0.39, 0.29) is 5.97 Å². The maximum atomic E-state index is 12.4. The second kappa shape index (κ2) is 8.73. The molecule has 0 amide bonds. The van der Waals surface area contributed by atoms with Gasteiger partial charge in [-0.15, -0.1) is 0 Å². The third-order valence-corrected chi connectivity index (χ3v) is 6.49. The fraction of sp³-hybridized carbons (Fsp3) is 0.368. The number of benzene rings is 1. The fourth-order valence-corrected chi connectivity index (χ4v) is 4.81. The van der Waals surface area contributed by atoms with Crippen molar-refractivity contribution in [2.45, 2.75) is 12.1 Å². The van der Waals surface area contributed by atoms with Gasteiger partial charge in [0.15, 0.2) is 10.3 Å². The number of halogens is 1. The van der Waals surface area contributed by atoms with Gasteiger partial charge < -0.3 is 14.5 Å². The van der Waals surface area contributed by atoms with E-state index in [2.05, 4.69) is 19.8 Å². The van der Waals surface area contributed by atoms with Gasteiger partial charge in [-0.05, 0) is 31.4 Å².